The molecule has 248 valence electrons. The average molecular weight is 594 g/mol. The highest BCUT2D eigenvalue weighted by Gasteiger charge is 2.39. The number of alkyl halides is 3. The first kappa shape index (κ1) is 42.3. The second-order valence-corrected chi connectivity index (χ2v) is 16.7. The van der Waals surface area contributed by atoms with E-state index in [1.165, 1.54) is 58.2 Å². The molecule has 0 radical (unpaired) electrons. The van der Waals surface area contributed by atoms with Crippen LogP contribution in [0.25, 0.3) is 0 Å². The summed E-state index contributed by atoms with van der Waals surface area (Å²) in [5.74, 6) is -0.600. The third-order valence-electron chi connectivity index (χ3n) is 8.44. The lowest BCUT2D eigenvalue weighted by Gasteiger charge is -2.50. The van der Waals surface area contributed by atoms with E-state index in [0.29, 0.717) is 27.9 Å². The van der Waals surface area contributed by atoms with E-state index in [-0.39, 0.29) is 7.43 Å². The van der Waals surface area contributed by atoms with Crippen molar-refractivity contribution in [3.63, 3.8) is 0 Å². The maximum atomic E-state index is 12.0. The molecule has 1 amide bonds. The Hall–Kier alpha value is -0.820. The van der Waals surface area contributed by atoms with Crippen molar-refractivity contribution in [2.24, 2.45) is 16.2 Å². The van der Waals surface area contributed by atoms with Crippen molar-refractivity contribution in [1.82, 2.24) is 15.1 Å². The summed E-state index contributed by atoms with van der Waals surface area (Å²) in [6.07, 6.45) is 3.93. The molecule has 0 aromatic rings. The van der Waals surface area contributed by atoms with Crippen LogP contribution in [0.2, 0.25) is 0 Å². The summed E-state index contributed by atoms with van der Waals surface area (Å²) in [4.78, 5) is 16.5. The highest BCUT2D eigenvalue weighted by molar-refractivity contribution is 5.81. The smallest absolute Gasteiger partial charge is 0.344 e. The first-order valence-corrected chi connectivity index (χ1v) is 15.5. The van der Waals surface area contributed by atoms with Gasteiger partial charge in [-0.1, -0.05) is 82.6 Å². The Balaban J connectivity index is 0. The Bertz CT molecular complexity index is 755. The number of nitrogens with zero attached hydrogens (tertiary/aromatic N) is 2. The van der Waals surface area contributed by atoms with Crippen LogP contribution in [-0.4, -0.2) is 64.7 Å². The molecular formula is C34H70F3N3O. The van der Waals surface area contributed by atoms with Crippen molar-refractivity contribution in [1.29, 1.82) is 0 Å². The quantitative estimate of drug-likeness (QED) is 0.354. The molecule has 0 aromatic carbocycles. The summed E-state index contributed by atoms with van der Waals surface area (Å²) in [7, 11) is 0. The van der Waals surface area contributed by atoms with Gasteiger partial charge in [0.2, 0.25) is 5.91 Å². The standard InChI is InChI=1S/C13H27N.C12H25N.C8H14F3NO.CH4/c1-11(12(2,3)4)14-10-8-7-9-13(14,5)6;1-11(2,3)10-13-9-7-6-8-12(13,4)5;1-5(8(9,10)11)12-6(13)7(2,3)4;/h11H,7-10H2,1-6H3;6-10H2,1-5H3;5H,1-4H3,(H,12,13);1H4. The summed E-state index contributed by atoms with van der Waals surface area (Å²) >= 11 is 0. The number of nitrogens with one attached hydrogen (secondary N) is 1. The largest absolute Gasteiger partial charge is 0.408 e. The summed E-state index contributed by atoms with van der Waals surface area (Å²) in [5, 5.41) is 1.90. The SMILES string of the molecule is C.CC(C)(C)CN1CCCCC1(C)C.CC(N1CCCCC1(C)C)C(C)(C)C.CC(NC(=O)C(C)(C)C)C(F)(F)F. The Morgan fingerprint density at radius 3 is 1.56 bits per heavy atom. The number of carbonyl (C=O) groups excluding carboxylic acids is 1. The average Bonchev–Trinajstić information content (AvgIpc) is 2.72. The van der Waals surface area contributed by atoms with Crippen LogP contribution in [0.1, 0.15) is 150 Å². The number of hydrogen-bond acceptors (Lipinski definition) is 3. The van der Waals surface area contributed by atoms with Gasteiger partial charge in [-0.05, 0) is 91.1 Å². The predicted molar refractivity (Wildman–Crippen MR) is 172 cm³/mol. The van der Waals surface area contributed by atoms with Crippen LogP contribution in [0.15, 0.2) is 0 Å². The first-order chi connectivity index (χ1) is 17.6. The van der Waals surface area contributed by atoms with Gasteiger partial charge in [-0.2, -0.15) is 13.2 Å². The van der Waals surface area contributed by atoms with Gasteiger partial charge in [0.1, 0.15) is 6.04 Å². The molecule has 0 saturated carbocycles. The van der Waals surface area contributed by atoms with Gasteiger partial charge in [-0.15, -0.1) is 0 Å². The van der Waals surface area contributed by atoms with Gasteiger partial charge in [0.15, 0.2) is 0 Å². The van der Waals surface area contributed by atoms with Gasteiger partial charge in [-0.25, -0.2) is 0 Å². The van der Waals surface area contributed by atoms with Crippen molar-refractivity contribution >= 4 is 5.91 Å². The van der Waals surface area contributed by atoms with E-state index in [4.69, 9.17) is 0 Å². The van der Waals surface area contributed by atoms with Crippen LogP contribution in [0.5, 0.6) is 0 Å². The van der Waals surface area contributed by atoms with Gasteiger partial charge in [0.25, 0.3) is 0 Å². The topological polar surface area (TPSA) is 35.6 Å². The zero-order valence-electron chi connectivity index (χ0n) is 29.0. The van der Waals surface area contributed by atoms with Crippen molar-refractivity contribution in [3.05, 3.63) is 0 Å². The van der Waals surface area contributed by atoms with Gasteiger partial charge >= 0.3 is 6.18 Å². The molecule has 0 spiro atoms. The Morgan fingerprint density at radius 1 is 0.780 bits per heavy atom. The third-order valence-corrected chi connectivity index (χ3v) is 8.44. The van der Waals surface area contributed by atoms with Crippen molar-refractivity contribution < 1.29 is 18.0 Å². The molecule has 7 heteroatoms. The number of piperidine rings is 2. The second-order valence-electron chi connectivity index (χ2n) is 16.7. The highest BCUT2D eigenvalue weighted by atomic mass is 19.4. The summed E-state index contributed by atoms with van der Waals surface area (Å²) in [6.45, 7) is 35.4. The summed E-state index contributed by atoms with van der Waals surface area (Å²) in [6, 6.07) is -1.11. The normalized spacial score (nSPS) is 21.6. The van der Waals surface area contributed by atoms with Crippen LogP contribution in [-0.2, 0) is 4.79 Å². The maximum Gasteiger partial charge on any atom is 0.408 e. The maximum absolute atomic E-state index is 12.0. The molecule has 2 saturated heterocycles. The summed E-state index contributed by atoms with van der Waals surface area (Å²) < 4.78 is 35.9. The second kappa shape index (κ2) is 15.8. The van der Waals surface area contributed by atoms with E-state index in [0.717, 1.165) is 6.92 Å². The number of hydrogen-bond donors (Lipinski definition) is 1. The van der Waals surface area contributed by atoms with E-state index in [9.17, 15) is 18.0 Å². The van der Waals surface area contributed by atoms with Crippen LogP contribution in [0, 0.1) is 16.2 Å². The molecule has 2 atom stereocenters. The van der Waals surface area contributed by atoms with E-state index >= 15 is 0 Å². The molecule has 2 rings (SSSR count). The lowest BCUT2D eigenvalue weighted by atomic mass is 9.81. The molecule has 1 N–H and O–H groups in total. The molecular weight excluding hydrogens is 523 g/mol. The van der Waals surface area contributed by atoms with Crippen molar-refractivity contribution in [2.45, 2.75) is 179 Å². The molecule has 41 heavy (non-hydrogen) atoms. The monoisotopic (exact) mass is 594 g/mol. The Morgan fingerprint density at radius 2 is 1.22 bits per heavy atom. The van der Waals surface area contributed by atoms with E-state index in [1.54, 1.807) is 20.8 Å². The minimum atomic E-state index is -4.37. The van der Waals surface area contributed by atoms with Gasteiger partial charge in [-0.3, -0.25) is 14.6 Å². The minimum Gasteiger partial charge on any atom is -0.344 e. The van der Waals surface area contributed by atoms with Crippen LogP contribution >= 0.6 is 0 Å². The lowest BCUT2D eigenvalue weighted by molar-refractivity contribution is -0.160. The molecule has 2 aliphatic rings. The predicted octanol–water partition coefficient (Wildman–Crippen LogP) is 9.72. The van der Waals surface area contributed by atoms with Gasteiger partial charge < -0.3 is 5.32 Å². The Labute approximate surface area is 254 Å². The third kappa shape index (κ3) is 16.0. The lowest BCUT2D eigenvalue weighted by Crippen LogP contribution is -2.55. The number of amides is 1. The fourth-order valence-electron chi connectivity index (χ4n) is 5.15. The molecule has 4 nitrogen and oxygen atoms in total. The van der Waals surface area contributed by atoms with Crippen molar-refractivity contribution in [3.8, 4) is 0 Å². The van der Waals surface area contributed by atoms with Crippen LogP contribution in [0.4, 0.5) is 13.2 Å². The molecule has 0 aliphatic carbocycles. The number of carbonyl (C=O) groups is 1. The van der Waals surface area contributed by atoms with Gasteiger partial charge in [0, 0.05) is 29.1 Å². The van der Waals surface area contributed by atoms with Crippen molar-refractivity contribution in [2.75, 3.05) is 19.6 Å². The molecule has 2 fully saturated rings. The molecule has 2 aliphatic heterocycles. The van der Waals surface area contributed by atoms with E-state index in [1.807, 2.05) is 5.32 Å². The van der Waals surface area contributed by atoms with E-state index in [2.05, 4.69) is 86.0 Å². The van der Waals surface area contributed by atoms with Gasteiger partial charge in [0.05, 0.1) is 0 Å². The number of halogens is 3. The van der Waals surface area contributed by atoms with E-state index < -0.39 is 23.5 Å². The zero-order valence-corrected chi connectivity index (χ0v) is 29.0. The molecule has 0 aromatic heterocycles. The first-order valence-electron chi connectivity index (χ1n) is 15.5. The van der Waals surface area contributed by atoms with Crippen LogP contribution in [0.3, 0.4) is 0 Å². The fraction of sp³-hybridized carbons (Fsp3) is 0.971. The Kier molecular flexibility index (Phi) is 16.3. The zero-order chi connectivity index (χ0) is 32.0. The molecule has 2 heterocycles. The summed E-state index contributed by atoms with van der Waals surface area (Å²) in [5.41, 5.74) is 0.888. The highest BCUT2D eigenvalue weighted by Crippen LogP contribution is 2.35. The number of likely N-dealkylation sites (tertiary alicyclic amines) is 2. The molecule has 2 unspecified atom stereocenters. The minimum absolute atomic E-state index is 0. The fourth-order valence-corrected chi connectivity index (χ4v) is 5.15. The number of rotatable bonds is 3. The van der Waals surface area contributed by atoms with Crippen LogP contribution < -0.4 is 5.32 Å². The molecule has 0 bridgehead atoms.